The Hall–Kier alpha value is -3.42. The molecular formula is C22H20ClF3N6O4. The number of nitrogens with zero attached hydrogens (tertiary/aromatic N) is 5. The van der Waals surface area contributed by atoms with E-state index in [4.69, 9.17) is 16.3 Å². The lowest BCUT2D eigenvalue weighted by atomic mass is 10.1. The number of anilines is 1. The van der Waals surface area contributed by atoms with E-state index in [1.54, 1.807) is 4.90 Å². The van der Waals surface area contributed by atoms with Gasteiger partial charge in [-0.2, -0.15) is 23.0 Å². The summed E-state index contributed by atoms with van der Waals surface area (Å²) in [6.45, 7) is 1.12. The van der Waals surface area contributed by atoms with Crippen LogP contribution in [-0.2, 0) is 30.4 Å². The predicted molar refractivity (Wildman–Crippen MR) is 121 cm³/mol. The van der Waals surface area contributed by atoms with E-state index >= 15 is 0 Å². The Bertz CT molecular complexity index is 1380. The Morgan fingerprint density at radius 3 is 2.78 bits per heavy atom. The second-order valence-electron chi connectivity index (χ2n) is 8.32. The summed E-state index contributed by atoms with van der Waals surface area (Å²) >= 11 is 6.37. The second-order valence-corrected chi connectivity index (χ2v) is 8.70. The molecule has 2 aliphatic heterocycles. The van der Waals surface area contributed by atoms with E-state index in [1.165, 1.54) is 29.0 Å². The monoisotopic (exact) mass is 524 g/mol. The van der Waals surface area contributed by atoms with Gasteiger partial charge < -0.3 is 19.3 Å². The van der Waals surface area contributed by atoms with Crippen molar-refractivity contribution < 1.29 is 27.8 Å². The second kappa shape index (κ2) is 9.22. The lowest BCUT2D eigenvalue weighted by Crippen LogP contribution is -2.37. The fraction of sp³-hybridized carbons (Fsp3) is 0.364. The molecule has 1 unspecified atom stereocenters. The van der Waals surface area contributed by atoms with E-state index in [0.29, 0.717) is 36.8 Å². The Labute approximate surface area is 206 Å². The number of hydrogen-bond acceptors (Lipinski definition) is 7. The average molecular weight is 525 g/mol. The molecule has 2 N–H and O–H groups in total. The lowest BCUT2D eigenvalue weighted by molar-refractivity contribution is -0.138. The van der Waals surface area contributed by atoms with Crippen molar-refractivity contribution in [2.75, 3.05) is 24.6 Å². The highest BCUT2D eigenvalue weighted by atomic mass is 35.5. The Balaban J connectivity index is 1.47. The molecule has 0 spiro atoms. The van der Waals surface area contributed by atoms with Crippen LogP contribution in [-0.4, -0.2) is 50.1 Å². The van der Waals surface area contributed by atoms with Crippen LogP contribution in [0.3, 0.4) is 0 Å². The highest BCUT2D eigenvalue weighted by Crippen LogP contribution is 2.34. The minimum absolute atomic E-state index is 0.0614. The Kier molecular flexibility index (Phi) is 6.22. The van der Waals surface area contributed by atoms with Crippen LogP contribution in [0.25, 0.3) is 0 Å². The van der Waals surface area contributed by atoms with Crippen molar-refractivity contribution in [1.29, 1.82) is 0 Å². The van der Waals surface area contributed by atoms with Gasteiger partial charge in [-0.1, -0.05) is 29.8 Å². The van der Waals surface area contributed by atoms with E-state index in [9.17, 15) is 27.9 Å². The van der Waals surface area contributed by atoms with Crippen molar-refractivity contribution in [3.8, 4) is 0 Å². The first-order chi connectivity index (χ1) is 17.1. The standard InChI is InChI=1S/C22H20ClF3N6O4/c23-17-16(9-28-32(19(17)33)21-27-6-8-36-21)30-7-5-15-14(11-30)29-18(20(34)35)31(15)10-12-3-1-2-4-13(12)22(24,25)26/h1-4,9,21,27H,5-8,10-11H2,(H,34,35). The van der Waals surface area contributed by atoms with Gasteiger partial charge in [-0.25, -0.2) is 9.78 Å². The summed E-state index contributed by atoms with van der Waals surface area (Å²) in [4.78, 5) is 30.6. The van der Waals surface area contributed by atoms with Gasteiger partial charge in [0.25, 0.3) is 5.56 Å². The molecule has 14 heteroatoms. The first-order valence-corrected chi connectivity index (χ1v) is 11.4. The molecule has 1 fully saturated rings. The van der Waals surface area contributed by atoms with Gasteiger partial charge in [-0.05, 0) is 11.6 Å². The molecule has 5 rings (SSSR count). The van der Waals surface area contributed by atoms with Gasteiger partial charge in [0.05, 0.1) is 42.8 Å². The first-order valence-electron chi connectivity index (χ1n) is 11.0. The third-order valence-electron chi connectivity index (χ3n) is 6.14. The van der Waals surface area contributed by atoms with Crippen LogP contribution in [0.4, 0.5) is 18.9 Å². The van der Waals surface area contributed by atoms with Gasteiger partial charge in [0.1, 0.15) is 5.02 Å². The zero-order valence-electron chi connectivity index (χ0n) is 18.6. The van der Waals surface area contributed by atoms with E-state index in [0.717, 1.165) is 10.7 Å². The topological polar surface area (TPSA) is 115 Å². The summed E-state index contributed by atoms with van der Waals surface area (Å²) in [7, 11) is 0. The van der Waals surface area contributed by atoms with Crippen LogP contribution < -0.4 is 15.8 Å². The minimum atomic E-state index is -4.58. The summed E-state index contributed by atoms with van der Waals surface area (Å²) in [6.07, 6.45) is -3.60. The number of fused-ring (bicyclic) bond motifs is 1. The molecule has 2 aromatic heterocycles. The number of rotatable bonds is 5. The third-order valence-corrected chi connectivity index (χ3v) is 6.50. The molecule has 36 heavy (non-hydrogen) atoms. The molecule has 190 valence electrons. The number of halogens is 4. The fourth-order valence-electron chi connectivity index (χ4n) is 4.48. The molecule has 4 heterocycles. The van der Waals surface area contributed by atoms with Gasteiger partial charge >= 0.3 is 12.1 Å². The number of carbonyl (C=O) groups is 1. The molecule has 0 saturated carbocycles. The molecular weight excluding hydrogens is 505 g/mol. The van der Waals surface area contributed by atoms with Crippen LogP contribution in [0.1, 0.15) is 39.5 Å². The van der Waals surface area contributed by atoms with Crippen LogP contribution in [0, 0.1) is 0 Å². The van der Waals surface area contributed by atoms with Gasteiger partial charge in [-0.3, -0.25) is 10.1 Å². The normalized spacial score (nSPS) is 17.9. The van der Waals surface area contributed by atoms with Crippen LogP contribution >= 0.6 is 11.6 Å². The molecule has 2 aliphatic rings. The lowest BCUT2D eigenvalue weighted by Gasteiger charge is -2.29. The van der Waals surface area contributed by atoms with Crippen molar-refractivity contribution in [1.82, 2.24) is 24.6 Å². The van der Waals surface area contributed by atoms with E-state index in [2.05, 4.69) is 15.4 Å². The number of ether oxygens (including phenoxy) is 1. The zero-order chi connectivity index (χ0) is 25.6. The number of aromatic carboxylic acids is 1. The maximum absolute atomic E-state index is 13.5. The zero-order valence-corrected chi connectivity index (χ0v) is 19.4. The summed E-state index contributed by atoms with van der Waals surface area (Å²) < 4.78 is 48.3. The number of nitrogens with one attached hydrogen (secondary N) is 1. The number of alkyl halides is 3. The SMILES string of the molecule is O=C(O)c1nc2c(n1Cc1ccccc1C(F)(F)F)CCN(c1cnn(C3NCCO3)c(=O)c1Cl)C2. The van der Waals surface area contributed by atoms with Gasteiger partial charge in [0.2, 0.25) is 12.2 Å². The summed E-state index contributed by atoms with van der Waals surface area (Å²) in [5.74, 6) is -1.71. The first kappa shape index (κ1) is 24.3. The molecule has 1 atom stereocenters. The van der Waals surface area contributed by atoms with E-state index in [-0.39, 0.29) is 35.9 Å². The molecule has 1 saturated heterocycles. The van der Waals surface area contributed by atoms with Crippen molar-refractivity contribution >= 4 is 23.3 Å². The number of carboxylic acids is 1. The number of benzene rings is 1. The summed E-state index contributed by atoms with van der Waals surface area (Å²) in [5, 5.41) is 16.8. The van der Waals surface area contributed by atoms with Crippen molar-refractivity contribution in [2.24, 2.45) is 0 Å². The number of hydrogen-bond donors (Lipinski definition) is 2. The molecule has 1 aromatic carbocycles. The molecule has 3 aromatic rings. The number of aromatic nitrogens is 4. The summed E-state index contributed by atoms with van der Waals surface area (Å²) in [6, 6.07) is 5.04. The smallest absolute Gasteiger partial charge is 0.416 e. The van der Waals surface area contributed by atoms with Crippen molar-refractivity contribution in [3.05, 3.63) is 74.2 Å². The Morgan fingerprint density at radius 2 is 2.08 bits per heavy atom. The maximum Gasteiger partial charge on any atom is 0.416 e. The van der Waals surface area contributed by atoms with Crippen molar-refractivity contribution in [2.45, 2.75) is 32.0 Å². The highest BCUT2D eigenvalue weighted by molar-refractivity contribution is 6.33. The number of carboxylic acid groups (broad SMARTS) is 1. The molecule has 0 amide bonds. The average Bonchev–Trinajstić information content (AvgIpc) is 3.49. The largest absolute Gasteiger partial charge is 0.475 e. The van der Waals surface area contributed by atoms with E-state index in [1.807, 2.05) is 0 Å². The quantitative estimate of drug-likeness (QED) is 0.523. The third kappa shape index (κ3) is 4.33. The van der Waals surface area contributed by atoms with Crippen LogP contribution in [0.15, 0.2) is 35.3 Å². The molecule has 0 bridgehead atoms. The highest BCUT2D eigenvalue weighted by Gasteiger charge is 2.34. The molecule has 0 aliphatic carbocycles. The number of imidazole rings is 1. The molecule has 0 radical (unpaired) electrons. The van der Waals surface area contributed by atoms with Crippen molar-refractivity contribution in [3.63, 3.8) is 0 Å². The van der Waals surface area contributed by atoms with Crippen LogP contribution in [0.2, 0.25) is 5.02 Å². The summed E-state index contributed by atoms with van der Waals surface area (Å²) in [5.41, 5.74) is -0.213. The van der Waals surface area contributed by atoms with Gasteiger partial charge in [0.15, 0.2) is 0 Å². The van der Waals surface area contributed by atoms with Gasteiger partial charge in [0, 0.05) is 25.2 Å². The fourth-order valence-corrected chi connectivity index (χ4v) is 4.73. The molecule has 10 nitrogen and oxygen atoms in total. The van der Waals surface area contributed by atoms with Crippen LogP contribution in [0.5, 0.6) is 0 Å². The maximum atomic E-state index is 13.5. The van der Waals surface area contributed by atoms with E-state index < -0.39 is 29.6 Å². The minimum Gasteiger partial charge on any atom is -0.475 e. The Morgan fingerprint density at radius 1 is 1.31 bits per heavy atom. The predicted octanol–water partition coefficient (Wildman–Crippen LogP) is 2.50. The van der Waals surface area contributed by atoms with Gasteiger partial charge in [-0.15, -0.1) is 0 Å².